The summed E-state index contributed by atoms with van der Waals surface area (Å²) < 4.78 is 9.55. The minimum atomic E-state index is -1.02. The first-order valence-electron chi connectivity index (χ1n) is 3.08. The highest BCUT2D eigenvalue weighted by Crippen LogP contribution is 2.06. The molecule has 0 aliphatic heterocycles. The summed E-state index contributed by atoms with van der Waals surface area (Å²) in [7, 11) is 2.90. The zero-order valence-electron chi connectivity index (χ0n) is 6.66. The first-order chi connectivity index (χ1) is 5.11. The number of carbonyl (C=O) groups is 1. The lowest BCUT2D eigenvalue weighted by molar-refractivity contribution is -0.135. The van der Waals surface area contributed by atoms with Crippen LogP contribution < -0.4 is 0 Å². The highest BCUT2D eigenvalue weighted by molar-refractivity contribution is 5.85. The minimum absolute atomic E-state index is 0.0821. The van der Waals surface area contributed by atoms with Crippen molar-refractivity contribution in [3.63, 3.8) is 0 Å². The van der Waals surface area contributed by atoms with E-state index in [9.17, 15) is 4.79 Å². The third kappa shape index (κ3) is 3.75. The molecule has 0 amide bonds. The SMILES string of the molecule is C=C(CC(OC)OC)C(=O)O. The van der Waals surface area contributed by atoms with Gasteiger partial charge >= 0.3 is 5.97 Å². The topological polar surface area (TPSA) is 55.8 Å². The van der Waals surface area contributed by atoms with Gasteiger partial charge in [-0.1, -0.05) is 6.58 Å². The first-order valence-corrected chi connectivity index (χ1v) is 3.08. The number of hydrogen-bond acceptors (Lipinski definition) is 3. The summed E-state index contributed by atoms with van der Waals surface area (Å²) in [5.74, 6) is -1.02. The number of methoxy groups -OCH3 is 2. The van der Waals surface area contributed by atoms with Crippen molar-refractivity contribution in [3.8, 4) is 0 Å². The fourth-order valence-corrected chi connectivity index (χ4v) is 0.551. The number of rotatable bonds is 5. The van der Waals surface area contributed by atoms with Crippen molar-refractivity contribution in [2.24, 2.45) is 0 Å². The molecule has 4 heteroatoms. The lowest BCUT2D eigenvalue weighted by Gasteiger charge is -2.12. The summed E-state index contributed by atoms with van der Waals surface area (Å²) in [6, 6.07) is 0. The molecule has 0 aliphatic carbocycles. The minimum Gasteiger partial charge on any atom is -0.478 e. The summed E-state index contributed by atoms with van der Waals surface area (Å²) in [6.07, 6.45) is -0.332. The van der Waals surface area contributed by atoms with Gasteiger partial charge in [0.25, 0.3) is 0 Å². The van der Waals surface area contributed by atoms with Gasteiger partial charge in [-0.3, -0.25) is 0 Å². The average molecular weight is 160 g/mol. The number of carboxylic acids is 1. The van der Waals surface area contributed by atoms with E-state index in [4.69, 9.17) is 14.6 Å². The second-order valence-corrected chi connectivity index (χ2v) is 2.01. The van der Waals surface area contributed by atoms with E-state index >= 15 is 0 Å². The molecule has 64 valence electrons. The maximum absolute atomic E-state index is 10.3. The fourth-order valence-electron chi connectivity index (χ4n) is 0.551. The third-order valence-corrected chi connectivity index (χ3v) is 1.24. The Kier molecular flexibility index (Phi) is 4.49. The van der Waals surface area contributed by atoms with Gasteiger partial charge in [0.2, 0.25) is 0 Å². The van der Waals surface area contributed by atoms with Crippen molar-refractivity contribution in [3.05, 3.63) is 12.2 Å². The zero-order chi connectivity index (χ0) is 8.85. The summed E-state index contributed by atoms with van der Waals surface area (Å²) in [4.78, 5) is 10.3. The van der Waals surface area contributed by atoms with Gasteiger partial charge in [-0.25, -0.2) is 4.79 Å². The van der Waals surface area contributed by atoms with Crippen molar-refractivity contribution in [1.29, 1.82) is 0 Å². The van der Waals surface area contributed by atoms with Gasteiger partial charge < -0.3 is 14.6 Å². The Morgan fingerprint density at radius 1 is 1.55 bits per heavy atom. The lowest BCUT2D eigenvalue weighted by atomic mass is 10.2. The molecule has 0 rings (SSSR count). The van der Waals surface area contributed by atoms with Gasteiger partial charge in [0.05, 0.1) is 0 Å². The van der Waals surface area contributed by atoms with E-state index in [1.54, 1.807) is 0 Å². The number of hydrogen-bond donors (Lipinski definition) is 1. The van der Waals surface area contributed by atoms with Gasteiger partial charge in [0.15, 0.2) is 6.29 Å². The van der Waals surface area contributed by atoms with Gasteiger partial charge in [-0.2, -0.15) is 0 Å². The molecule has 0 bridgehead atoms. The van der Waals surface area contributed by atoms with Crippen molar-refractivity contribution >= 4 is 5.97 Å². The first kappa shape index (κ1) is 10.1. The van der Waals surface area contributed by atoms with Crippen LogP contribution in [0, 0.1) is 0 Å². The van der Waals surface area contributed by atoms with E-state index in [0.717, 1.165) is 0 Å². The molecule has 0 fully saturated rings. The van der Waals surface area contributed by atoms with Crippen LogP contribution in [0.3, 0.4) is 0 Å². The monoisotopic (exact) mass is 160 g/mol. The second kappa shape index (κ2) is 4.87. The molecule has 0 saturated heterocycles. The maximum atomic E-state index is 10.3. The van der Waals surface area contributed by atoms with Crippen molar-refractivity contribution in [2.75, 3.05) is 14.2 Å². The molecule has 0 atom stereocenters. The Hall–Kier alpha value is -0.870. The van der Waals surface area contributed by atoms with Crippen LogP contribution >= 0.6 is 0 Å². The Bertz CT molecular complexity index is 149. The van der Waals surface area contributed by atoms with Crippen molar-refractivity contribution in [1.82, 2.24) is 0 Å². The van der Waals surface area contributed by atoms with Crippen LogP contribution in [-0.4, -0.2) is 31.6 Å². The zero-order valence-corrected chi connectivity index (χ0v) is 6.66. The standard InChI is InChI=1S/C7H12O4/c1-5(7(8)9)4-6(10-2)11-3/h6H,1,4H2,2-3H3,(H,8,9). The fraction of sp³-hybridized carbons (Fsp3) is 0.571. The lowest BCUT2D eigenvalue weighted by Crippen LogP contribution is -2.16. The molecule has 0 aromatic carbocycles. The van der Waals surface area contributed by atoms with E-state index < -0.39 is 12.3 Å². The Labute approximate surface area is 65.4 Å². The number of carboxylic acid groups (broad SMARTS) is 1. The van der Waals surface area contributed by atoms with Crippen LogP contribution in [0.4, 0.5) is 0 Å². The van der Waals surface area contributed by atoms with Gasteiger partial charge in [0.1, 0.15) is 0 Å². The molecule has 0 aromatic rings. The molecule has 0 spiro atoms. The summed E-state index contributed by atoms with van der Waals surface area (Å²) in [6.45, 7) is 3.33. The molecule has 0 aromatic heterocycles. The highest BCUT2D eigenvalue weighted by Gasteiger charge is 2.11. The molecule has 0 heterocycles. The molecule has 0 aliphatic rings. The molecule has 0 unspecified atom stereocenters. The summed E-state index contributed by atoms with van der Waals surface area (Å²) in [5.41, 5.74) is 0.0821. The number of ether oxygens (including phenoxy) is 2. The largest absolute Gasteiger partial charge is 0.478 e. The average Bonchev–Trinajstić information content (AvgIpc) is 1.99. The van der Waals surface area contributed by atoms with Crippen molar-refractivity contribution < 1.29 is 19.4 Å². The van der Waals surface area contributed by atoms with Crippen LogP contribution in [0.5, 0.6) is 0 Å². The highest BCUT2D eigenvalue weighted by atomic mass is 16.7. The predicted octanol–water partition coefficient (Wildman–Crippen LogP) is 0.636. The molecule has 4 nitrogen and oxygen atoms in total. The van der Waals surface area contributed by atoms with Gasteiger partial charge in [-0.15, -0.1) is 0 Å². The molecule has 0 radical (unpaired) electrons. The smallest absolute Gasteiger partial charge is 0.331 e. The van der Waals surface area contributed by atoms with Crippen LogP contribution in [-0.2, 0) is 14.3 Å². The molecular formula is C7H12O4. The van der Waals surface area contributed by atoms with Gasteiger partial charge in [0, 0.05) is 26.2 Å². The van der Waals surface area contributed by atoms with E-state index in [2.05, 4.69) is 6.58 Å². The molecule has 0 saturated carbocycles. The Balaban J connectivity index is 3.81. The third-order valence-electron chi connectivity index (χ3n) is 1.24. The number of aliphatic carboxylic acids is 1. The van der Waals surface area contributed by atoms with Crippen LogP contribution in [0.2, 0.25) is 0 Å². The Morgan fingerprint density at radius 2 is 2.00 bits per heavy atom. The Morgan fingerprint density at radius 3 is 2.27 bits per heavy atom. The second-order valence-electron chi connectivity index (χ2n) is 2.01. The van der Waals surface area contributed by atoms with Crippen LogP contribution in [0.1, 0.15) is 6.42 Å². The normalized spacial score (nSPS) is 10.1. The van der Waals surface area contributed by atoms with Crippen LogP contribution in [0.15, 0.2) is 12.2 Å². The summed E-state index contributed by atoms with van der Waals surface area (Å²) >= 11 is 0. The van der Waals surface area contributed by atoms with E-state index in [0.29, 0.717) is 0 Å². The van der Waals surface area contributed by atoms with Gasteiger partial charge in [-0.05, 0) is 0 Å². The van der Waals surface area contributed by atoms with E-state index in [1.807, 2.05) is 0 Å². The molecular weight excluding hydrogens is 148 g/mol. The molecule has 1 N–H and O–H groups in total. The van der Waals surface area contributed by atoms with Crippen molar-refractivity contribution in [2.45, 2.75) is 12.7 Å². The van der Waals surface area contributed by atoms with E-state index in [1.165, 1.54) is 14.2 Å². The predicted molar refractivity (Wildman–Crippen MR) is 39.2 cm³/mol. The quantitative estimate of drug-likeness (QED) is 0.473. The molecule has 11 heavy (non-hydrogen) atoms. The van der Waals surface area contributed by atoms with Crippen LogP contribution in [0.25, 0.3) is 0 Å². The maximum Gasteiger partial charge on any atom is 0.331 e. The van der Waals surface area contributed by atoms with E-state index in [-0.39, 0.29) is 12.0 Å². The summed E-state index contributed by atoms with van der Waals surface area (Å²) in [5, 5.41) is 8.41.